The number of aliphatic hydroxyl groups is 1. The van der Waals surface area contributed by atoms with Crippen molar-refractivity contribution in [2.75, 3.05) is 20.3 Å². The molecule has 0 bridgehead atoms. The summed E-state index contributed by atoms with van der Waals surface area (Å²) in [6.07, 6.45) is -0.475. The molecule has 0 aliphatic carbocycles. The molecule has 98 valence electrons. The SMILES string of the molecule is COCC(O)CNC(c1cccs1)c1cccs1. The highest BCUT2D eigenvalue weighted by atomic mass is 32.1. The van der Waals surface area contributed by atoms with Crippen LogP contribution in [-0.4, -0.2) is 31.5 Å². The molecule has 2 aromatic heterocycles. The van der Waals surface area contributed by atoms with Crippen LogP contribution in [0.5, 0.6) is 0 Å². The summed E-state index contributed by atoms with van der Waals surface area (Å²) in [6.45, 7) is 0.878. The Hall–Kier alpha value is -0.720. The topological polar surface area (TPSA) is 41.5 Å². The van der Waals surface area contributed by atoms with Crippen LogP contribution in [0.4, 0.5) is 0 Å². The molecule has 2 rings (SSSR count). The quantitative estimate of drug-likeness (QED) is 0.820. The van der Waals surface area contributed by atoms with Crippen LogP contribution in [0.2, 0.25) is 0 Å². The molecule has 2 heterocycles. The zero-order valence-electron chi connectivity index (χ0n) is 10.2. The molecule has 2 N–H and O–H groups in total. The molecule has 1 atom stereocenters. The number of methoxy groups -OCH3 is 1. The van der Waals surface area contributed by atoms with Gasteiger partial charge in [0, 0.05) is 23.4 Å². The molecule has 0 aliphatic heterocycles. The number of thiophene rings is 2. The van der Waals surface area contributed by atoms with Crippen LogP contribution in [0.1, 0.15) is 15.8 Å². The van der Waals surface area contributed by atoms with E-state index < -0.39 is 6.10 Å². The fourth-order valence-electron chi connectivity index (χ4n) is 1.76. The summed E-state index contributed by atoms with van der Waals surface area (Å²) in [5.74, 6) is 0. The van der Waals surface area contributed by atoms with Crippen molar-refractivity contribution < 1.29 is 9.84 Å². The van der Waals surface area contributed by atoms with Crippen molar-refractivity contribution in [3.8, 4) is 0 Å². The third-order valence-corrected chi connectivity index (χ3v) is 4.45. The van der Waals surface area contributed by atoms with Gasteiger partial charge < -0.3 is 15.2 Å². The van der Waals surface area contributed by atoms with Crippen molar-refractivity contribution >= 4 is 22.7 Å². The minimum Gasteiger partial charge on any atom is -0.389 e. The van der Waals surface area contributed by atoms with Crippen LogP contribution in [0, 0.1) is 0 Å². The van der Waals surface area contributed by atoms with Gasteiger partial charge in [-0.2, -0.15) is 0 Å². The van der Waals surface area contributed by atoms with E-state index in [4.69, 9.17) is 4.74 Å². The maximum atomic E-state index is 9.71. The summed E-state index contributed by atoms with van der Waals surface area (Å²) in [5, 5.41) is 17.3. The Morgan fingerprint density at radius 1 is 1.22 bits per heavy atom. The largest absolute Gasteiger partial charge is 0.389 e. The highest BCUT2D eigenvalue weighted by Gasteiger charge is 2.17. The maximum absolute atomic E-state index is 9.71. The second kappa shape index (κ2) is 7.01. The van der Waals surface area contributed by atoms with Crippen molar-refractivity contribution in [1.29, 1.82) is 0 Å². The third kappa shape index (κ3) is 3.63. The third-order valence-electron chi connectivity index (χ3n) is 2.57. The van der Waals surface area contributed by atoms with Gasteiger partial charge in [-0.15, -0.1) is 22.7 Å². The fourth-order valence-corrected chi connectivity index (χ4v) is 3.47. The second-order valence-electron chi connectivity index (χ2n) is 3.98. The molecule has 1 unspecified atom stereocenters. The van der Waals surface area contributed by atoms with Crippen LogP contribution in [-0.2, 0) is 4.74 Å². The van der Waals surface area contributed by atoms with Crippen LogP contribution < -0.4 is 5.32 Å². The van der Waals surface area contributed by atoms with Crippen LogP contribution in [0.25, 0.3) is 0 Å². The molecule has 0 amide bonds. The molecule has 0 saturated carbocycles. The molecule has 0 fully saturated rings. The summed E-state index contributed by atoms with van der Waals surface area (Å²) in [7, 11) is 1.60. The Kier molecular flexibility index (Phi) is 5.34. The molecule has 2 aromatic rings. The van der Waals surface area contributed by atoms with Gasteiger partial charge in [-0.3, -0.25) is 0 Å². The van der Waals surface area contributed by atoms with Gasteiger partial charge in [-0.05, 0) is 22.9 Å². The van der Waals surface area contributed by atoms with Crippen molar-refractivity contribution in [2.24, 2.45) is 0 Å². The predicted octanol–water partition coefficient (Wildman–Crippen LogP) is 2.50. The number of hydrogen-bond donors (Lipinski definition) is 2. The van der Waals surface area contributed by atoms with Gasteiger partial charge >= 0.3 is 0 Å². The molecule has 0 saturated heterocycles. The highest BCUT2D eigenvalue weighted by Crippen LogP contribution is 2.28. The number of nitrogens with one attached hydrogen (secondary N) is 1. The molecule has 5 heteroatoms. The molecule has 0 aromatic carbocycles. The number of aliphatic hydroxyl groups excluding tert-OH is 1. The lowest BCUT2D eigenvalue weighted by Crippen LogP contribution is -2.32. The van der Waals surface area contributed by atoms with Gasteiger partial charge in [0.05, 0.1) is 18.8 Å². The van der Waals surface area contributed by atoms with Crippen molar-refractivity contribution in [3.63, 3.8) is 0 Å². The van der Waals surface area contributed by atoms with E-state index >= 15 is 0 Å². The van der Waals surface area contributed by atoms with Gasteiger partial charge in [0.25, 0.3) is 0 Å². The molecule has 0 aliphatic rings. The van der Waals surface area contributed by atoms with E-state index in [0.717, 1.165) is 0 Å². The summed E-state index contributed by atoms with van der Waals surface area (Å²) in [4.78, 5) is 2.53. The first-order valence-corrected chi connectivity index (χ1v) is 7.54. The van der Waals surface area contributed by atoms with E-state index in [9.17, 15) is 5.11 Å². The highest BCUT2D eigenvalue weighted by molar-refractivity contribution is 7.11. The maximum Gasteiger partial charge on any atom is 0.0897 e. The smallest absolute Gasteiger partial charge is 0.0897 e. The lowest BCUT2D eigenvalue weighted by atomic mass is 10.2. The Balaban J connectivity index is 2.02. The molecule has 0 radical (unpaired) electrons. The summed E-state index contributed by atoms with van der Waals surface area (Å²) >= 11 is 3.45. The van der Waals surface area contributed by atoms with Gasteiger partial charge in [-0.25, -0.2) is 0 Å². The monoisotopic (exact) mass is 283 g/mol. The van der Waals surface area contributed by atoms with Crippen molar-refractivity contribution in [3.05, 3.63) is 44.8 Å². The van der Waals surface area contributed by atoms with E-state index in [0.29, 0.717) is 13.2 Å². The van der Waals surface area contributed by atoms with Gasteiger partial charge in [0.1, 0.15) is 0 Å². The van der Waals surface area contributed by atoms with E-state index in [1.54, 1.807) is 29.8 Å². The van der Waals surface area contributed by atoms with Crippen molar-refractivity contribution in [1.82, 2.24) is 5.32 Å². The molecule has 0 spiro atoms. The standard InChI is InChI=1S/C13H17NO2S2/c1-16-9-10(15)8-14-13(11-4-2-6-17-11)12-5-3-7-18-12/h2-7,10,13-15H,8-9H2,1H3. The summed E-state index contributed by atoms with van der Waals surface area (Å²) < 4.78 is 4.93. The molecule has 18 heavy (non-hydrogen) atoms. The van der Waals surface area contributed by atoms with Gasteiger partial charge in [0.15, 0.2) is 0 Å². The minimum atomic E-state index is -0.475. The first-order chi connectivity index (χ1) is 8.81. The predicted molar refractivity (Wildman–Crippen MR) is 76.4 cm³/mol. The van der Waals surface area contributed by atoms with Crippen LogP contribution in [0.3, 0.4) is 0 Å². The zero-order chi connectivity index (χ0) is 12.8. The summed E-state index contributed by atoms with van der Waals surface area (Å²) in [5.41, 5.74) is 0. The number of ether oxygens (including phenoxy) is 1. The van der Waals surface area contributed by atoms with Crippen LogP contribution in [0.15, 0.2) is 35.0 Å². The first-order valence-electron chi connectivity index (χ1n) is 5.78. The second-order valence-corrected chi connectivity index (χ2v) is 5.94. The van der Waals surface area contributed by atoms with Gasteiger partial charge in [0.2, 0.25) is 0 Å². The lowest BCUT2D eigenvalue weighted by molar-refractivity contribution is 0.0636. The van der Waals surface area contributed by atoms with Gasteiger partial charge in [-0.1, -0.05) is 12.1 Å². The van der Waals surface area contributed by atoms with Crippen LogP contribution >= 0.6 is 22.7 Å². The Morgan fingerprint density at radius 2 is 1.83 bits per heavy atom. The van der Waals surface area contributed by atoms with E-state index in [1.807, 2.05) is 12.1 Å². The number of hydrogen-bond acceptors (Lipinski definition) is 5. The van der Waals surface area contributed by atoms with E-state index in [-0.39, 0.29) is 6.04 Å². The Bertz CT molecular complexity index is 394. The number of rotatable bonds is 7. The first kappa shape index (κ1) is 13.7. The molecule has 3 nitrogen and oxygen atoms in total. The average Bonchev–Trinajstić information content (AvgIpc) is 3.02. The lowest BCUT2D eigenvalue weighted by Gasteiger charge is -2.18. The Morgan fingerprint density at radius 3 is 2.28 bits per heavy atom. The van der Waals surface area contributed by atoms with E-state index in [1.165, 1.54) is 9.75 Å². The Labute approximate surface area is 115 Å². The minimum absolute atomic E-state index is 0.163. The molecular weight excluding hydrogens is 266 g/mol. The average molecular weight is 283 g/mol. The summed E-state index contributed by atoms with van der Waals surface area (Å²) in [6, 6.07) is 8.49. The van der Waals surface area contributed by atoms with E-state index in [2.05, 4.69) is 28.2 Å². The fraction of sp³-hybridized carbons (Fsp3) is 0.385. The van der Waals surface area contributed by atoms with Crippen molar-refractivity contribution in [2.45, 2.75) is 12.1 Å². The zero-order valence-corrected chi connectivity index (χ0v) is 11.8. The normalized spacial score (nSPS) is 13.1. The molecular formula is C13H17NO2S2.